The van der Waals surface area contributed by atoms with Crippen LogP contribution in [-0.2, 0) is 6.54 Å². The third kappa shape index (κ3) is 2.81. The number of hydrogen-bond acceptors (Lipinski definition) is 6. The molecule has 1 unspecified atom stereocenters. The number of nitrogens with zero attached hydrogens (tertiary/aromatic N) is 4. The van der Waals surface area contributed by atoms with Gasteiger partial charge in [-0.25, -0.2) is 9.99 Å². The van der Waals surface area contributed by atoms with Crippen molar-refractivity contribution < 1.29 is 15.0 Å². The molecule has 9 heteroatoms. The van der Waals surface area contributed by atoms with Gasteiger partial charge in [-0.3, -0.25) is 4.79 Å². The van der Waals surface area contributed by atoms with Crippen LogP contribution in [-0.4, -0.2) is 52.5 Å². The summed E-state index contributed by atoms with van der Waals surface area (Å²) in [6.45, 7) is -0.457. The van der Waals surface area contributed by atoms with E-state index in [9.17, 15) is 14.8 Å². The number of imidazole rings is 1. The number of carbonyl (C=O) groups excluding carboxylic acids is 1. The summed E-state index contributed by atoms with van der Waals surface area (Å²) >= 11 is 0. The van der Waals surface area contributed by atoms with Gasteiger partial charge in [0.05, 0.1) is 30.9 Å². The van der Waals surface area contributed by atoms with Gasteiger partial charge in [-0.15, -0.1) is 4.91 Å². The summed E-state index contributed by atoms with van der Waals surface area (Å²) in [6.07, 6.45) is 0.269. The molecule has 9 nitrogen and oxygen atoms in total. The Morgan fingerprint density at radius 3 is 2.89 bits per heavy atom. The molecule has 0 aromatic carbocycles. The smallest absolute Gasteiger partial charge is 0.271 e. The van der Waals surface area contributed by atoms with Crippen molar-refractivity contribution in [3.63, 3.8) is 0 Å². The molecular weight excluding hydrogens is 242 g/mol. The molecule has 100 valence electrons. The third-order valence-electron chi connectivity index (χ3n) is 2.31. The number of nitroso groups, excluding NO2 is 1. The molecule has 1 amide bonds. The molecule has 0 aliphatic heterocycles. The highest BCUT2D eigenvalue weighted by Crippen LogP contribution is 2.18. The predicted molar refractivity (Wildman–Crippen MR) is 62.9 cm³/mol. The largest absolute Gasteiger partial charge is 0.394 e. The average molecular weight is 257 g/mol. The summed E-state index contributed by atoms with van der Waals surface area (Å²) in [7, 11) is 2.79. The van der Waals surface area contributed by atoms with Gasteiger partial charge in [-0.2, -0.15) is 0 Å². The third-order valence-corrected chi connectivity index (χ3v) is 2.31. The number of nitrogens with one attached hydrogen (secondary N) is 1. The fourth-order valence-electron chi connectivity index (χ4n) is 1.42. The van der Waals surface area contributed by atoms with Crippen LogP contribution in [0.1, 0.15) is 10.5 Å². The first-order chi connectivity index (χ1) is 8.54. The van der Waals surface area contributed by atoms with Gasteiger partial charge < -0.3 is 20.1 Å². The number of aliphatic hydroxyl groups excluding tert-OH is 2. The highest BCUT2D eigenvalue weighted by atomic mass is 16.3. The van der Waals surface area contributed by atoms with Crippen molar-refractivity contribution in [3.05, 3.63) is 16.9 Å². The Morgan fingerprint density at radius 1 is 1.72 bits per heavy atom. The maximum absolute atomic E-state index is 11.7. The SMILES string of the molecule is CNC(=O)c1c(N(C)N=O)ncn1CC(O)CO. The van der Waals surface area contributed by atoms with E-state index in [1.807, 2.05) is 0 Å². The Hall–Kier alpha value is -2.00. The minimum Gasteiger partial charge on any atom is -0.394 e. The first-order valence-electron chi connectivity index (χ1n) is 5.18. The van der Waals surface area contributed by atoms with E-state index < -0.39 is 18.6 Å². The second-order valence-electron chi connectivity index (χ2n) is 3.59. The number of rotatable bonds is 6. The van der Waals surface area contributed by atoms with E-state index in [1.165, 1.54) is 25.0 Å². The van der Waals surface area contributed by atoms with Crippen LogP contribution in [0.3, 0.4) is 0 Å². The number of aliphatic hydroxyl groups is 2. The first-order valence-corrected chi connectivity index (χ1v) is 5.18. The van der Waals surface area contributed by atoms with Gasteiger partial charge in [-0.05, 0) is 0 Å². The Balaban J connectivity index is 3.15. The highest BCUT2D eigenvalue weighted by molar-refractivity contribution is 5.97. The number of anilines is 1. The lowest BCUT2D eigenvalue weighted by Crippen LogP contribution is -2.27. The van der Waals surface area contributed by atoms with Crippen LogP contribution < -0.4 is 10.3 Å². The maximum atomic E-state index is 11.7. The van der Waals surface area contributed by atoms with Gasteiger partial charge >= 0.3 is 0 Å². The minimum absolute atomic E-state index is 0.0149. The van der Waals surface area contributed by atoms with Gasteiger partial charge in [0, 0.05) is 14.1 Å². The van der Waals surface area contributed by atoms with E-state index >= 15 is 0 Å². The van der Waals surface area contributed by atoms with Crippen molar-refractivity contribution in [2.45, 2.75) is 12.6 Å². The molecule has 0 spiro atoms. The zero-order valence-corrected chi connectivity index (χ0v) is 10.1. The average Bonchev–Trinajstić information content (AvgIpc) is 2.80. The molecular formula is C9H15N5O4. The molecule has 3 N–H and O–H groups in total. The van der Waals surface area contributed by atoms with Crippen molar-refractivity contribution in [2.75, 3.05) is 25.7 Å². The molecule has 0 saturated heterocycles. The quantitative estimate of drug-likeness (QED) is 0.431. The van der Waals surface area contributed by atoms with Crippen molar-refractivity contribution >= 4 is 11.7 Å². The topological polar surface area (TPSA) is 120 Å². The molecule has 0 fully saturated rings. The number of aromatic nitrogens is 2. The molecule has 1 aromatic rings. The lowest BCUT2D eigenvalue weighted by molar-refractivity contribution is 0.0789. The zero-order valence-electron chi connectivity index (χ0n) is 10.1. The lowest BCUT2D eigenvalue weighted by Gasteiger charge is -2.13. The Morgan fingerprint density at radius 2 is 2.39 bits per heavy atom. The lowest BCUT2D eigenvalue weighted by atomic mass is 10.3. The van der Waals surface area contributed by atoms with Gasteiger partial charge in [0.25, 0.3) is 5.91 Å². The molecule has 1 aromatic heterocycles. The molecule has 0 saturated carbocycles. The molecule has 1 heterocycles. The predicted octanol–water partition coefficient (Wildman–Crippen LogP) is -1.29. The Labute approximate surface area is 103 Å². The number of carbonyl (C=O) groups is 1. The number of amides is 1. The highest BCUT2D eigenvalue weighted by Gasteiger charge is 2.22. The monoisotopic (exact) mass is 257 g/mol. The minimum atomic E-state index is -1.02. The maximum Gasteiger partial charge on any atom is 0.271 e. The van der Waals surface area contributed by atoms with Crippen LogP contribution in [0.2, 0.25) is 0 Å². The molecule has 0 radical (unpaired) electrons. The van der Waals surface area contributed by atoms with Crippen molar-refractivity contribution in [3.8, 4) is 0 Å². The summed E-state index contributed by atoms with van der Waals surface area (Å²) in [6, 6.07) is 0. The molecule has 1 rings (SSSR count). The second kappa shape index (κ2) is 6.07. The number of hydrogen-bond donors (Lipinski definition) is 3. The van der Waals surface area contributed by atoms with Crippen LogP contribution in [0.4, 0.5) is 5.82 Å². The summed E-state index contributed by atoms with van der Waals surface area (Å²) in [5.41, 5.74) is 0.0899. The van der Waals surface area contributed by atoms with Crippen LogP contribution in [0.15, 0.2) is 11.6 Å². The fourth-order valence-corrected chi connectivity index (χ4v) is 1.42. The second-order valence-corrected chi connectivity index (χ2v) is 3.59. The van der Waals surface area contributed by atoms with Crippen LogP contribution in [0.5, 0.6) is 0 Å². The summed E-state index contributed by atoms with van der Waals surface area (Å²) < 4.78 is 1.34. The fraction of sp³-hybridized carbons (Fsp3) is 0.556. The zero-order chi connectivity index (χ0) is 13.7. The summed E-state index contributed by atoms with van der Waals surface area (Å²) in [5.74, 6) is -0.391. The Kier molecular flexibility index (Phi) is 4.75. The Bertz CT molecular complexity index is 433. The van der Waals surface area contributed by atoms with E-state index in [0.29, 0.717) is 0 Å². The summed E-state index contributed by atoms with van der Waals surface area (Å²) in [4.78, 5) is 26.1. The van der Waals surface area contributed by atoms with Crippen LogP contribution in [0.25, 0.3) is 0 Å². The van der Waals surface area contributed by atoms with Crippen molar-refractivity contribution in [2.24, 2.45) is 5.29 Å². The molecule has 0 aliphatic rings. The van der Waals surface area contributed by atoms with Gasteiger partial charge in [0.1, 0.15) is 0 Å². The van der Waals surface area contributed by atoms with Crippen LogP contribution in [0, 0.1) is 4.91 Å². The van der Waals surface area contributed by atoms with Gasteiger partial charge in [-0.1, -0.05) is 0 Å². The molecule has 18 heavy (non-hydrogen) atoms. The van der Waals surface area contributed by atoms with Gasteiger partial charge in [0.15, 0.2) is 11.5 Å². The van der Waals surface area contributed by atoms with Gasteiger partial charge in [0.2, 0.25) is 0 Å². The van der Waals surface area contributed by atoms with E-state index in [1.54, 1.807) is 0 Å². The van der Waals surface area contributed by atoms with Crippen molar-refractivity contribution in [1.82, 2.24) is 14.9 Å². The van der Waals surface area contributed by atoms with Crippen LogP contribution >= 0.6 is 0 Å². The van der Waals surface area contributed by atoms with E-state index in [4.69, 9.17) is 5.11 Å². The van der Waals surface area contributed by atoms with E-state index in [-0.39, 0.29) is 18.1 Å². The van der Waals surface area contributed by atoms with Crippen molar-refractivity contribution in [1.29, 1.82) is 0 Å². The standard InChI is InChI=1S/C9H15N5O4/c1-10-9(17)7-8(13(2)12-18)11-5-14(7)3-6(16)4-15/h5-6,15-16H,3-4H2,1-2H3,(H,10,17). The molecule has 1 atom stereocenters. The molecule has 0 aliphatic carbocycles. The molecule has 0 bridgehead atoms. The van der Waals surface area contributed by atoms with E-state index in [0.717, 1.165) is 5.01 Å². The summed E-state index contributed by atoms with van der Waals surface area (Å²) in [5, 5.41) is 24.1. The normalized spacial score (nSPS) is 12.0. The first kappa shape index (κ1) is 14.1. The van der Waals surface area contributed by atoms with E-state index in [2.05, 4.69) is 15.6 Å².